The maximum absolute atomic E-state index is 6.13. The van der Waals surface area contributed by atoms with Crippen LogP contribution in [0.2, 0.25) is 6.04 Å². The molecule has 1 saturated heterocycles. The molecule has 0 aromatic carbocycles. The average molecular weight is 260 g/mol. The zero-order chi connectivity index (χ0) is 12.5. The summed E-state index contributed by atoms with van der Waals surface area (Å²) in [5, 5.41) is 0. The predicted octanol–water partition coefficient (Wildman–Crippen LogP) is 2.21. The van der Waals surface area contributed by atoms with Crippen LogP contribution in [-0.2, 0) is 18.0 Å². The number of ether oxygens (including phenoxy) is 1. The second kappa shape index (κ2) is 5.36. The van der Waals surface area contributed by atoms with Gasteiger partial charge in [-0.15, -0.1) is 0 Å². The molecule has 2 fully saturated rings. The average Bonchev–Trinajstić information content (AvgIpc) is 3.14. The van der Waals surface area contributed by atoms with Gasteiger partial charge in [0.25, 0.3) is 0 Å². The van der Waals surface area contributed by atoms with Gasteiger partial charge in [0.05, 0.1) is 12.2 Å². The van der Waals surface area contributed by atoms with Crippen molar-refractivity contribution in [2.24, 2.45) is 5.92 Å². The van der Waals surface area contributed by atoms with E-state index in [0.29, 0.717) is 18.1 Å². The van der Waals surface area contributed by atoms with Crippen molar-refractivity contribution in [3.63, 3.8) is 0 Å². The zero-order valence-electron chi connectivity index (χ0n) is 11.3. The lowest BCUT2D eigenvalue weighted by Crippen LogP contribution is -2.47. The fraction of sp³-hybridized carbons (Fsp3) is 1.00. The molecule has 0 spiro atoms. The molecule has 4 unspecified atom stereocenters. The van der Waals surface area contributed by atoms with Gasteiger partial charge in [-0.05, 0) is 32.1 Å². The summed E-state index contributed by atoms with van der Waals surface area (Å²) < 4.78 is 22.7. The smallest absolute Gasteiger partial charge is 0.377 e. The molecule has 0 aromatic heterocycles. The number of hydrogen-bond acceptors (Lipinski definition) is 4. The molecule has 4 nitrogen and oxygen atoms in total. The highest BCUT2D eigenvalue weighted by atomic mass is 28.4. The number of fused-ring (bicyclic) bond motifs is 1. The van der Waals surface area contributed by atoms with Crippen molar-refractivity contribution in [3.05, 3.63) is 0 Å². The van der Waals surface area contributed by atoms with Gasteiger partial charge < -0.3 is 18.0 Å². The van der Waals surface area contributed by atoms with Crippen molar-refractivity contribution in [1.29, 1.82) is 0 Å². The first-order chi connectivity index (χ1) is 8.14. The van der Waals surface area contributed by atoms with Crippen molar-refractivity contribution >= 4 is 8.80 Å². The monoisotopic (exact) mass is 260 g/mol. The van der Waals surface area contributed by atoms with E-state index in [9.17, 15) is 0 Å². The fourth-order valence-corrected chi connectivity index (χ4v) is 4.65. The molecule has 17 heavy (non-hydrogen) atoms. The predicted molar refractivity (Wildman–Crippen MR) is 66.8 cm³/mol. The van der Waals surface area contributed by atoms with E-state index in [-0.39, 0.29) is 6.10 Å². The molecule has 5 heteroatoms. The Kier molecular flexibility index (Phi) is 4.25. The summed E-state index contributed by atoms with van der Waals surface area (Å²) in [6, 6.07) is 0.819. The van der Waals surface area contributed by atoms with Gasteiger partial charge in [0.1, 0.15) is 0 Å². The Labute approximate surface area is 105 Å². The Morgan fingerprint density at radius 3 is 2.47 bits per heavy atom. The molecule has 0 bridgehead atoms. The Morgan fingerprint density at radius 1 is 1.24 bits per heavy atom. The van der Waals surface area contributed by atoms with Crippen LogP contribution >= 0.6 is 0 Å². The Bertz CT molecular complexity index is 249. The van der Waals surface area contributed by atoms with Crippen molar-refractivity contribution < 1.29 is 18.0 Å². The van der Waals surface area contributed by atoms with Gasteiger partial charge in [0.15, 0.2) is 0 Å². The molecule has 0 N–H and O–H groups in total. The molecule has 1 aliphatic heterocycles. The van der Waals surface area contributed by atoms with Crippen molar-refractivity contribution in [2.45, 2.75) is 57.5 Å². The van der Waals surface area contributed by atoms with Crippen molar-refractivity contribution in [1.82, 2.24) is 0 Å². The summed E-state index contributed by atoms with van der Waals surface area (Å²) in [5.41, 5.74) is 0. The van der Waals surface area contributed by atoms with Gasteiger partial charge in [0, 0.05) is 26.4 Å². The largest absolute Gasteiger partial charge is 0.500 e. The SMILES string of the molecule is CC[Si](OC)(OC)OC(C)C1CCC2OC2C1. The first kappa shape index (κ1) is 13.5. The second-order valence-corrected chi connectivity index (χ2v) is 8.18. The Hall–Kier alpha value is 0.0569. The minimum atomic E-state index is -2.41. The summed E-state index contributed by atoms with van der Waals surface area (Å²) in [6.45, 7) is 4.20. The first-order valence-electron chi connectivity index (χ1n) is 6.57. The maximum Gasteiger partial charge on any atom is 0.500 e. The third kappa shape index (κ3) is 2.90. The number of epoxide rings is 1. The van der Waals surface area contributed by atoms with Gasteiger partial charge >= 0.3 is 8.80 Å². The van der Waals surface area contributed by atoms with E-state index in [1.807, 2.05) is 0 Å². The first-order valence-corrected chi connectivity index (χ1v) is 8.51. The molecule has 2 rings (SSSR count). The molecule has 4 atom stereocenters. The lowest BCUT2D eigenvalue weighted by Gasteiger charge is -2.33. The summed E-state index contributed by atoms with van der Waals surface area (Å²) in [4.78, 5) is 0. The van der Waals surface area contributed by atoms with E-state index in [0.717, 1.165) is 12.5 Å². The third-order valence-electron chi connectivity index (χ3n) is 4.13. The van der Waals surface area contributed by atoms with Crippen LogP contribution in [0.5, 0.6) is 0 Å². The normalized spacial score (nSPS) is 34.2. The molecule has 2 aliphatic rings. The van der Waals surface area contributed by atoms with Gasteiger partial charge in [-0.25, -0.2) is 0 Å². The molecular weight excluding hydrogens is 236 g/mol. The van der Waals surface area contributed by atoms with E-state index < -0.39 is 8.80 Å². The van der Waals surface area contributed by atoms with E-state index in [1.165, 1.54) is 12.8 Å². The Morgan fingerprint density at radius 2 is 1.94 bits per heavy atom. The summed E-state index contributed by atoms with van der Waals surface area (Å²) in [7, 11) is 0.961. The van der Waals surface area contributed by atoms with Crippen LogP contribution in [0, 0.1) is 5.92 Å². The van der Waals surface area contributed by atoms with Gasteiger partial charge in [-0.3, -0.25) is 0 Å². The van der Waals surface area contributed by atoms with Crippen LogP contribution in [0.1, 0.15) is 33.1 Å². The molecule has 0 radical (unpaired) electrons. The molecule has 1 heterocycles. The van der Waals surface area contributed by atoms with Crippen LogP contribution in [0.15, 0.2) is 0 Å². The molecule has 1 saturated carbocycles. The topological polar surface area (TPSA) is 40.2 Å². The lowest BCUT2D eigenvalue weighted by molar-refractivity contribution is 0.0289. The van der Waals surface area contributed by atoms with Gasteiger partial charge in [-0.1, -0.05) is 6.92 Å². The molecule has 0 aromatic rings. The fourth-order valence-electron chi connectivity index (χ4n) is 2.79. The van der Waals surface area contributed by atoms with Crippen LogP contribution in [0.3, 0.4) is 0 Å². The minimum Gasteiger partial charge on any atom is -0.377 e. The summed E-state index contributed by atoms with van der Waals surface area (Å²) >= 11 is 0. The van der Waals surface area contributed by atoms with E-state index in [2.05, 4.69) is 13.8 Å². The highest BCUT2D eigenvalue weighted by molar-refractivity contribution is 6.60. The van der Waals surface area contributed by atoms with E-state index >= 15 is 0 Å². The molecule has 1 aliphatic carbocycles. The molecule has 100 valence electrons. The summed E-state index contributed by atoms with van der Waals surface area (Å²) in [5.74, 6) is 0.586. The molecular formula is C12H24O4Si. The van der Waals surface area contributed by atoms with Gasteiger partial charge in [-0.2, -0.15) is 0 Å². The summed E-state index contributed by atoms with van der Waals surface area (Å²) in [6.07, 6.45) is 4.77. The maximum atomic E-state index is 6.13. The van der Waals surface area contributed by atoms with Crippen molar-refractivity contribution in [2.75, 3.05) is 14.2 Å². The van der Waals surface area contributed by atoms with E-state index in [4.69, 9.17) is 18.0 Å². The number of rotatable bonds is 6. The minimum absolute atomic E-state index is 0.201. The molecule has 0 amide bonds. The van der Waals surface area contributed by atoms with Crippen LogP contribution < -0.4 is 0 Å². The van der Waals surface area contributed by atoms with Crippen LogP contribution in [0.4, 0.5) is 0 Å². The van der Waals surface area contributed by atoms with Crippen LogP contribution in [0.25, 0.3) is 0 Å². The second-order valence-electron chi connectivity index (χ2n) is 5.05. The quantitative estimate of drug-likeness (QED) is 0.542. The van der Waals surface area contributed by atoms with Gasteiger partial charge in [0.2, 0.25) is 0 Å². The highest BCUT2D eigenvalue weighted by Gasteiger charge is 2.47. The lowest BCUT2D eigenvalue weighted by atomic mass is 9.86. The van der Waals surface area contributed by atoms with E-state index in [1.54, 1.807) is 14.2 Å². The zero-order valence-corrected chi connectivity index (χ0v) is 12.3. The third-order valence-corrected chi connectivity index (χ3v) is 6.97. The number of hydrogen-bond donors (Lipinski definition) is 0. The Balaban J connectivity index is 1.88. The standard InChI is InChI=1S/C12H24O4Si/c1-5-17(13-3,14-4)16-9(2)10-6-7-11-12(8-10)15-11/h9-12H,5-8H2,1-4H3. The van der Waals surface area contributed by atoms with Crippen LogP contribution in [-0.4, -0.2) is 41.3 Å². The highest BCUT2D eigenvalue weighted by Crippen LogP contribution is 2.41. The van der Waals surface area contributed by atoms with Crippen molar-refractivity contribution in [3.8, 4) is 0 Å².